The molecule has 10 nitrogen and oxygen atoms in total. The minimum Gasteiger partial charge on any atom is -0.329 e. The van der Waals surface area contributed by atoms with E-state index in [1.165, 1.54) is 6.54 Å². The van der Waals surface area contributed by atoms with Gasteiger partial charge >= 0.3 is 0 Å². The Morgan fingerprint density at radius 1 is 0.474 bits per heavy atom. The SMILES string of the molecule is CC(C)C.CCN(CCN)CCN(CCNCCN)CCNCCN(CC)CC(C)C.NCCNCCN. The lowest BCUT2D eigenvalue weighted by Crippen LogP contribution is -2.43. The van der Waals surface area contributed by atoms with Crippen molar-refractivity contribution in [3.63, 3.8) is 0 Å². The van der Waals surface area contributed by atoms with Crippen molar-refractivity contribution < 1.29 is 0 Å². The molecule has 0 aromatic rings. The highest BCUT2D eigenvalue weighted by molar-refractivity contribution is 4.67. The number of hydrogen-bond acceptors (Lipinski definition) is 10. The Hall–Kier alpha value is -0.400. The molecule has 38 heavy (non-hydrogen) atoms. The van der Waals surface area contributed by atoms with Crippen molar-refractivity contribution >= 4 is 0 Å². The fourth-order valence-electron chi connectivity index (χ4n) is 3.52. The number of nitrogens with zero attached hydrogens (tertiary/aromatic N) is 3. The van der Waals surface area contributed by atoms with Gasteiger partial charge in [-0.25, -0.2) is 0 Å². The van der Waals surface area contributed by atoms with Crippen molar-refractivity contribution in [2.45, 2.75) is 48.5 Å². The van der Waals surface area contributed by atoms with Crippen LogP contribution in [0.15, 0.2) is 0 Å². The van der Waals surface area contributed by atoms with Crippen molar-refractivity contribution in [2.24, 2.45) is 34.8 Å². The van der Waals surface area contributed by atoms with Crippen LogP contribution in [-0.2, 0) is 0 Å². The Balaban J connectivity index is -0.000000926. The molecule has 0 heterocycles. The normalized spacial score (nSPS) is 11.4. The first kappa shape index (κ1) is 42.1. The Kier molecular flexibility index (Phi) is 38.3. The van der Waals surface area contributed by atoms with Gasteiger partial charge in [-0.05, 0) is 24.9 Å². The number of likely N-dealkylation sites (N-methyl/N-ethyl adjacent to an activating group) is 2. The van der Waals surface area contributed by atoms with Gasteiger partial charge in [-0.15, -0.1) is 0 Å². The quantitative estimate of drug-likeness (QED) is 0.0811. The first-order chi connectivity index (χ1) is 18.2. The molecule has 11 N–H and O–H groups in total. The third kappa shape index (κ3) is 37.8. The van der Waals surface area contributed by atoms with Crippen LogP contribution in [0.1, 0.15) is 48.5 Å². The van der Waals surface area contributed by atoms with Crippen LogP contribution in [-0.4, -0.2) is 139 Å². The number of rotatable bonds is 24. The van der Waals surface area contributed by atoms with E-state index in [1.54, 1.807) is 0 Å². The van der Waals surface area contributed by atoms with Gasteiger partial charge in [-0.3, -0.25) is 4.90 Å². The third-order valence-electron chi connectivity index (χ3n) is 5.47. The molecular weight excluding hydrogens is 476 g/mol. The van der Waals surface area contributed by atoms with E-state index in [0.717, 1.165) is 110 Å². The van der Waals surface area contributed by atoms with E-state index in [4.69, 9.17) is 22.9 Å². The molecule has 0 atom stereocenters. The maximum Gasteiger partial charge on any atom is 0.0110 e. The minimum absolute atomic E-state index is 0.694. The van der Waals surface area contributed by atoms with E-state index in [0.29, 0.717) is 19.6 Å². The zero-order valence-electron chi connectivity index (χ0n) is 26.7. The molecule has 0 aliphatic heterocycles. The van der Waals surface area contributed by atoms with E-state index in [1.807, 2.05) is 0 Å². The lowest BCUT2D eigenvalue weighted by molar-refractivity contribution is 0.209. The van der Waals surface area contributed by atoms with E-state index < -0.39 is 0 Å². The largest absolute Gasteiger partial charge is 0.329 e. The van der Waals surface area contributed by atoms with E-state index in [2.05, 4.69) is 79.1 Å². The molecule has 0 aromatic heterocycles. The number of nitrogens with two attached hydrogens (primary N) is 4. The summed E-state index contributed by atoms with van der Waals surface area (Å²) in [5.74, 6) is 1.57. The van der Waals surface area contributed by atoms with Crippen molar-refractivity contribution in [1.82, 2.24) is 30.7 Å². The van der Waals surface area contributed by atoms with Crippen LogP contribution in [0.4, 0.5) is 0 Å². The van der Waals surface area contributed by atoms with Crippen LogP contribution in [0, 0.1) is 11.8 Å². The third-order valence-corrected chi connectivity index (χ3v) is 5.47. The maximum absolute atomic E-state index is 5.71. The summed E-state index contributed by atoms with van der Waals surface area (Å²) in [6.45, 7) is 33.9. The molecule has 10 heteroatoms. The highest BCUT2D eigenvalue weighted by atomic mass is 15.2. The summed E-state index contributed by atoms with van der Waals surface area (Å²) in [5, 5.41) is 10.1. The average Bonchev–Trinajstić information content (AvgIpc) is 2.87. The molecule has 0 aliphatic rings. The zero-order valence-corrected chi connectivity index (χ0v) is 26.7. The predicted octanol–water partition coefficient (Wildman–Crippen LogP) is -0.160. The first-order valence-corrected chi connectivity index (χ1v) is 15.3. The van der Waals surface area contributed by atoms with Gasteiger partial charge in [0.15, 0.2) is 0 Å². The minimum atomic E-state index is 0.694. The van der Waals surface area contributed by atoms with Crippen LogP contribution in [0.5, 0.6) is 0 Å². The topological polar surface area (TPSA) is 150 Å². The second-order valence-corrected chi connectivity index (χ2v) is 10.7. The average molecular weight is 549 g/mol. The summed E-state index contributed by atoms with van der Waals surface area (Å²) in [6.07, 6.45) is 0. The molecular formula is C28H72N10. The molecule has 0 aromatic carbocycles. The molecule has 0 saturated heterocycles. The standard InChI is InChI=1S/C20H49N7.C4H13N3.C4H10/c1-5-25(13-8-22)17-18-27(15-11-23-9-7-21)16-12-24-10-14-26(6-2)19-20(3)4;5-1-3-7-4-2-6;1-4(2)3/h20,23-24H,5-19,21-22H2,1-4H3;7H,1-6H2;4H,1-3H3. The van der Waals surface area contributed by atoms with Gasteiger partial charge in [0.2, 0.25) is 0 Å². The monoisotopic (exact) mass is 549 g/mol. The molecule has 0 unspecified atom stereocenters. The van der Waals surface area contributed by atoms with Gasteiger partial charge in [0.05, 0.1) is 0 Å². The van der Waals surface area contributed by atoms with Crippen LogP contribution in [0.25, 0.3) is 0 Å². The van der Waals surface area contributed by atoms with Crippen LogP contribution >= 0.6 is 0 Å². The van der Waals surface area contributed by atoms with Crippen LogP contribution in [0.2, 0.25) is 0 Å². The van der Waals surface area contributed by atoms with Crippen molar-refractivity contribution in [1.29, 1.82) is 0 Å². The van der Waals surface area contributed by atoms with Crippen LogP contribution in [0.3, 0.4) is 0 Å². The maximum atomic E-state index is 5.71. The summed E-state index contributed by atoms with van der Waals surface area (Å²) in [6, 6.07) is 0. The number of hydrogen-bond donors (Lipinski definition) is 7. The summed E-state index contributed by atoms with van der Waals surface area (Å²) in [5.41, 5.74) is 21.6. The van der Waals surface area contributed by atoms with E-state index >= 15 is 0 Å². The Morgan fingerprint density at radius 3 is 1.21 bits per heavy atom. The lowest BCUT2D eigenvalue weighted by atomic mass is 10.2. The van der Waals surface area contributed by atoms with E-state index in [-0.39, 0.29) is 0 Å². The fourth-order valence-corrected chi connectivity index (χ4v) is 3.52. The van der Waals surface area contributed by atoms with Crippen molar-refractivity contribution in [3.05, 3.63) is 0 Å². The van der Waals surface area contributed by atoms with Gasteiger partial charge in [-0.2, -0.15) is 0 Å². The molecule has 0 spiro atoms. The van der Waals surface area contributed by atoms with Gasteiger partial charge in [-0.1, -0.05) is 48.5 Å². The highest BCUT2D eigenvalue weighted by Crippen LogP contribution is 1.97. The summed E-state index contributed by atoms with van der Waals surface area (Å²) >= 11 is 0. The molecule has 0 aliphatic carbocycles. The second kappa shape index (κ2) is 34.6. The molecule has 0 amide bonds. The molecule has 0 radical (unpaired) electrons. The Labute approximate surface area is 238 Å². The summed E-state index contributed by atoms with van der Waals surface area (Å²) in [7, 11) is 0. The summed E-state index contributed by atoms with van der Waals surface area (Å²) in [4.78, 5) is 7.50. The molecule has 0 fully saturated rings. The molecule has 0 rings (SSSR count). The Bertz CT molecular complexity index is 406. The fraction of sp³-hybridized carbons (Fsp3) is 1.00. The molecule has 234 valence electrons. The lowest BCUT2D eigenvalue weighted by Gasteiger charge is -2.27. The van der Waals surface area contributed by atoms with E-state index in [9.17, 15) is 0 Å². The first-order valence-electron chi connectivity index (χ1n) is 15.3. The molecule has 0 saturated carbocycles. The van der Waals surface area contributed by atoms with Gasteiger partial charge in [0.1, 0.15) is 0 Å². The second-order valence-electron chi connectivity index (χ2n) is 10.7. The van der Waals surface area contributed by atoms with Crippen LogP contribution < -0.4 is 38.9 Å². The van der Waals surface area contributed by atoms with Gasteiger partial charge < -0.3 is 48.7 Å². The van der Waals surface area contributed by atoms with Gasteiger partial charge in [0, 0.05) is 111 Å². The smallest absolute Gasteiger partial charge is 0.0110 e. The zero-order chi connectivity index (χ0) is 29.4. The highest BCUT2D eigenvalue weighted by Gasteiger charge is 2.08. The van der Waals surface area contributed by atoms with Crippen molar-refractivity contribution in [2.75, 3.05) is 124 Å². The number of nitrogens with one attached hydrogen (secondary N) is 3. The van der Waals surface area contributed by atoms with Crippen molar-refractivity contribution in [3.8, 4) is 0 Å². The predicted molar refractivity (Wildman–Crippen MR) is 171 cm³/mol. The Morgan fingerprint density at radius 2 is 0.842 bits per heavy atom. The van der Waals surface area contributed by atoms with Gasteiger partial charge in [0.25, 0.3) is 0 Å². The molecule has 0 bridgehead atoms. The summed E-state index contributed by atoms with van der Waals surface area (Å²) < 4.78 is 0.